The molecule has 5 aromatic heterocycles. The van der Waals surface area contributed by atoms with E-state index in [1.165, 1.54) is 61.7 Å². The van der Waals surface area contributed by atoms with E-state index in [0.717, 1.165) is 53.8 Å². The summed E-state index contributed by atoms with van der Waals surface area (Å²) in [5.74, 6) is 2.03. The first-order valence-corrected chi connectivity index (χ1v) is 32.0. The van der Waals surface area contributed by atoms with E-state index in [0.29, 0.717) is 23.7 Å². The summed E-state index contributed by atoms with van der Waals surface area (Å²) < 4.78 is 0. The van der Waals surface area contributed by atoms with Gasteiger partial charge in [0.1, 0.15) is 0 Å². The Morgan fingerprint density at radius 2 is 0.678 bits per heavy atom. The van der Waals surface area contributed by atoms with Gasteiger partial charge >= 0.3 is 0 Å². The number of nitrogens with one attached hydrogen (secondary N) is 5. The molecule has 0 aliphatic heterocycles. The highest BCUT2D eigenvalue weighted by molar-refractivity contribution is 5.62. The Labute approximate surface area is 540 Å². The molecule has 5 N–H and O–H groups in total. The van der Waals surface area contributed by atoms with Crippen LogP contribution in [0.4, 0.5) is 28.4 Å². The van der Waals surface area contributed by atoms with Crippen LogP contribution in [0.2, 0.25) is 0 Å². The maximum atomic E-state index is 4.46. The van der Waals surface area contributed by atoms with Gasteiger partial charge in [-0.25, -0.2) is 0 Å². The van der Waals surface area contributed by atoms with Crippen LogP contribution in [0.3, 0.4) is 0 Å². The second kappa shape index (κ2) is 36.4. The Morgan fingerprint density at radius 1 is 0.322 bits per heavy atom. The molecule has 2 atom stereocenters. The minimum Gasteiger partial charge on any atom is -0.379 e. The topological polar surface area (TPSA) is 125 Å². The maximum Gasteiger partial charge on any atom is 0.0657 e. The Kier molecular flexibility index (Phi) is 28.3. The minimum atomic E-state index is 0.132. The number of nitrogens with zero attached hydrogens (tertiary/aromatic N) is 5. The summed E-state index contributed by atoms with van der Waals surface area (Å²) >= 11 is 0. The third kappa shape index (κ3) is 22.8. The number of benzene rings is 5. The molecule has 90 heavy (non-hydrogen) atoms. The molecule has 0 saturated carbocycles. The van der Waals surface area contributed by atoms with Crippen molar-refractivity contribution in [2.24, 2.45) is 0 Å². The molecular formula is C80H100N10. The van der Waals surface area contributed by atoms with Crippen LogP contribution in [0, 0.1) is 13.8 Å². The zero-order chi connectivity index (χ0) is 64.8. The van der Waals surface area contributed by atoms with Gasteiger partial charge in [0.05, 0.1) is 60.2 Å². The SMILES string of the molecule is CC(C)c1cccc(C(C)C)c1NC(C)c1ccccn1.CC(C)c1cccc(C(C)C)c1NCc1ccccn1.CC(Nc1ccccc1C(C)(C)C)c1ccccn1.Cc1cccc(C)c1NCc1ccccn1.c1ccc(NCc2ccccn2)cc1. The first kappa shape index (κ1) is 69.9. The minimum absolute atomic E-state index is 0.132. The van der Waals surface area contributed by atoms with Crippen molar-refractivity contribution in [3.8, 4) is 0 Å². The number of anilines is 5. The molecule has 10 rings (SSSR count). The lowest BCUT2D eigenvalue weighted by Crippen LogP contribution is -2.16. The van der Waals surface area contributed by atoms with Crippen molar-refractivity contribution >= 4 is 28.4 Å². The number of pyridine rings is 5. The molecule has 0 spiro atoms. The number of aromatic nitrogens is 5. The van der Waals surface area contributed by atoms with Crippen molar-refractivity contribution in [1.29, 1.82) is 0 Å². The van der Waals surface area contributed by atoms with Gasteiger partial charge < -0.3 is 26.6 Å². The number of para-hydroxylation sites is 5. The fourth-order valence-electron chi connectivity index (χ4n) is 10.3. The van der Waals surface area contributed by atoms with E-state index in [4.69, 9.17) is 0 Å². The zero-order valence-electron chi connectivity index (χ0n) is 56.3. The van der Waals surface area contributed by atoms with Gasteiger partial charge in [-0.15, -0.1) is 0 Å². The van der Waals surface area contributed by atoms with E-state index in [9.17, 15) is 0 Å². The molecule has 0 amide bonds. The average molecular weight is 1200 g/mol. The molecule has 2 unspecified atom stereocenters. The third-order valence-electron chi connectivity index (χ3n) is 15.3. The van der Waals surface area contributed by atoms with Crippen molar-refractivity contribution < 1.29 is 0 Å². The maximum absolute atomic E-state index is 4.46. The summed E-state index contributed by atoms with van der Waals surface area (Å²) in [5.41, 5.74) is 20.9. The highest BCUT2D eigenvalue weighted by Crippen LogP contribution is 2.36. The van der Waals surface area contributed by atoms with Crippen molar-refractivity contribution in [2.45, 2.75) is 165 Å². The lowest BCUT2D eigenvalue weighted by molar-refractivity contribution is 0.590. The van der Waals surface area contributed by atoms with Gasteiger partial charge in [0.25, 0.3) is 0 Å². The molecule has 0 radical (unpaired) electrons. The van der Waals surface area contributed by atoms with Crippen molar-refractivity contribution in [2.75, 3.05) is 26.6 Å². The standard InChI is InChI=1S/C19H26N2.C18H24N2.C17H22N2.C14H16N2.C12H12N2/c1-13(2)16-9-8-10-17(14(3)4)19(16)21-15(5)18-11-6-7-12-20-18;1-13(2)16-9-7-10-17(14(3)4)18(16)20-12-15-8-5-6-11-19-15;1-13(15-10-7-8-12-18-15)19-16-11-6-5-9-14(16)17(2,3)4;1-11-6-5-7-12(2)14(11)16-10-13-8-3-4-9-15-13;1-2-6-11(7-3-1)14-10-12-8-4-5-9-13-12/h6-15,21H,1-5H3;5-11,13-14,20H,12H2,1-4H3;5-13,19H,1-4H3;3-9,16H,10H2,1-2H3;1-9,14H,10H2. The van der Waals surface area contributed by atoms with Crippen LogP contribution < -0.4 is 26.6 Å². The summed E-state index contributed by atoms with van der Waals surface area (Å²) in [6, 6.07) is 68.6. The van der Waals surface area contributed by atoms with E-state index >= 15 is 0 Å². The molecule has 0 fully saturated rings. The van der Waals surface area contributed by atoms with E-state index < -0.39 is 0 Å². The van der Waals surface area contributed by atoms with Gasteiger partial charge in [-0.1, -0.05) is 197 Å². The zero-order valence-corrected chi connectivity index (χ0v) is 56.3. The number of aryl methyl sites for hydroxylation is 2. The summed E-state index contributed by atoms with van der Waals surface area (Å²) in [7, 11) is 0. The third-order valence-corrected chi connectivity index (χ3v) is 15.3. The van der Waals surface area contributed by atoms with Crippen LogP contribution >= 0.6 is 0 Å². The van der Waals surface area contributed by atoms with Gasteiger partial charge in [0, 0.05) is 59.4 Å². The van der Waals surface area contributed by atoms with Crippen LogP contribution in [0.15, 0.2) is 231 Å². The molecular weight excluding hydrogens is 1100 g/mol. The number of hydrogen-bond donors (Lipinski definition) is 5. The van der Waals surface area contributed by atoms with E-state index in [2.05, 4.69) is 252 Å². The fraction of sp³-hybridized carbons (Fsp3) is 0.312. The summed E-state index contributed by atoms with van der Waals surface area (Å²) in [6.45, 7) is 35.5. The van der Waals surface area contributed by atoms with E-state index in [1.807, 2.05) is 134 Å². The largest absolute Gasteiger partial charge is 0.379 e. The van der Waals surface area contributed by atoms with Gasteiger partial charge in [0.15, 0.2) is 0 Å². The number of hydrogen-bond acceptors (Lipinski definition) is 10. The molecule has 470 valence electrons. The first-order chi connectivity index (χ1) is 43.3. The van der Waals surface area contributed by atoms with Crippen molar-refractivity contribution in [3.05, 3.63) is 299 Å². The molecule has 0 saturated heterocycles. The van der Waals surface area contributed by atoms with Gasteiger partial charge in [-0.05, 0) is 175 Å². The lowest BCUT2D eigenvalue weighted by atomic mass is 9.85. The van der Waals surface area contributed by atoms with Crippen LogP contribution in [0.5, 0.6) is 0 Å². The summed E-state index contributed by atoms with van der Waals surface area (Å²) in [5, 5.41) is 17.6. The van der Waals surface area contributed by atoms with Gasteiger partial charge in [-0.3, -0.25) is 24.9 Å². The van der Waals surface area contributed by atoms with Crippen LogP contribution in [-0.2, 0) is 25.0 Å². The molecule has 0 aliphatic rings. The summed E-state index contributed by atoms with van der Waals surface area (Å²) in [4.78, 5) is 21.8. The van der Waals surface area contributed by atoms with E-state index in [1.54, 1.807) is 0 Å². The highest BCUT2D eigenvalue weighted by Gasteiger charge is 2.20. The van der Waals surface area contributed by atoms with Crippen molar-refractivity contribution in [3.63, 3.8) is 0 Å². The average Bonchev–Trinajstić information content (AvgIpc) is 1.37. The molecule has 5 heterocycles. The molecule has 0 aliphatic carbocycles. The van der Waals surface area contributed by atoms with Crippen LogP contribution in [-0.4, -0.2) is 24.9 Å². The second-order valence-electron chi connectivity index (χ2n) is 24.9. The lowest BCUT2D eigenvalue weighted by Gasteiger charge is -2.25. The molecule has 0 bridgehead atoms. The van der Waals surface area contributed by atoms with Gasteiger partial charge in [0.2, 0.25) is 0 Å². The van der Waals surface area contributed by atoms with Crippen LogP contribution in [0.1, 0.15) is 193 Å². The van der Waals surface area contributed by atoms with Crippen LogP contribution in [0.25, 0.3) is 0 Å². The predicted octanol–water partition coefficient (Wildman–Crippen LogP) is 21.0. The molecule has 10 aromatic rings. The van der Waals surface area contributed by atoms with Gasteiger partial charge in [-0.2, -0.15) is 0 Å². The first-order valence-electron chi connectivity index (χ1n) is 32.0. The summed E-state index contributed by atoms with van der Waals surface area (Å²) in [6.07, 6.45) is 9.16. The monoisotopic (exact) mass is 1200 g/mol. The predicted molar refractivity (Wildman–Crippen MR) is 384 cm³/mol. The Balaban J connectivity index is 0.000000180. The van der Waals surface area contributed by atoms with E-state index in [-0.39, 0.29) is 17.5 Å². The Morgan fingerprint density at radius 3 is 1.08 bits per heavy atom. The fourth-order valence-corrected chi connectivity index (χ4v) is 10.3. The van der Waals surface area contributed by atoms with Crippen molar-refractivity contribution in [1.82, 2.24) is 24.9 Å². The Hall–Kier alpha value is -9.15. The smallest absolute Gasteiger partial charge is 0.0657 e. The normalized spacial score (nSPS) is 11.5. The second-order valence-corrected chi connectivity index (χ2v) is 24.9. The Bertz CT molecular complexity index is 3480. The molecule has 5 aromatic carbocycles. The molecule has 10 nitrogen and oxygen atoms in total. The molecule has 10 heteroatoms. The number of rotatable bonds is 19. The quantitative estimate of drug-likeness (QED) is 0.0535. The highest BCUT2D eigenvalue weighted by atomic mass is 15.0.